The molecule has 0 bridgehead atoms. The minimum atomic E-state index is -0.354. The van der Waals surface area contributed by atoms with Crippen molar-refractivity contribution < 1.29 is 14.3 Å². The molecule has 0 atom stereocenters. The second kappa shape index (κ2) is 5.29. The molecule has 74 valence electrons. The van der Waals surface area contributed by atoms with Crippen LogP contribution in [0.3, 0.4) is 0 Å². The van der Waals surface area contributed by atoms with Crippen LogP contribution in [0.25, 0.3) is 6.08 Å². The molecule has 0 unspecified atom stereocenters. The van der Waals surface area contributed by atoms with Gasteiger partial charge in [0, 0.05) is 6.42 Å². The number of rotatable bonds is 4. The first-order valence-corrected chi connectivity index (χ1v) is 4.27. The van der Waals surface area contributed by atoms with Crippen LogP contribution in [-0.4, -0.2) is 11.4 Å². The summed E-state index contributed by atoms with van der Waals surface area (Å²) in [7, 11) is 0. The molecule has 3 heteroatoms. The maximum absolute atomic E-state index is 12.8. The number of hydrogen-bond donors (Lipinski definition) is 1. The van der Waals surface area contributed by atoms with Gasteiger partial charge in [0.15, 0.2) is 0 Å². The van der Waals surface area contributed by atoms with Crippen molar-refractivity contribution in [2.45, 2.75) is 13.0 Å². The Bertz CT molecular complexity index is 345. The van der Waals surface area contributed by atoms with Gasteiger partial charge < -0.3 is 9.90 Å². The molecule has 0 amide bonds. The van der Waals surface area contributed by atoms with Crippen LogP contribution in [0, 0.1) is 5.82 Å². The minimum Gasteiger partial charge on any atom is -0.392 e. The first kappa shape index (κ1) is 10.6. The smallest absolute Gasteiger partial charge is 0.123 e. The number of carbonyl (C=O) groups excluding carboxylic acids is 1. The van der Waals surface area contributed by atoms with Crippen LogP contribution < -0.4 is 0 Å². The van der Waals surface area contributed by atoms with Crippen LogP contribution in [0.4, 0.5) is 4.39 Å². The Hall–Kier alpha value is -1.48. The van der Waals surface area contributed by atoms with E-state index in [1.165, 1.54) is 18.2 Å². The van der Waals surface area contributed by atoms with Crippen molar-refractivity contribution in [1.82, 2.24) is 0 Å². The molecule has 0 radical (unpaired) electrons. The van der Waals surface area contributed by atoms with Gasteiger partial charge in [0.25, 0.3) is 0 Å². The highest BCUT2D eigenvalue weighted by molar-refractivity contribution is 5.59. The number of allylic oxidation sites excluding steroid dienone is 1. The lowest BCUT2D eigenvalue weighted by molar-refractivity contribution is -0.107. The highest BCUT2D eigenvalue weighted by Gasteiger charge is 1.99. The first-order valence-electron chi connectivity index (χ1n) is 4.27. The fourth-order valence-corrected chi connectivity index (χ4v) is 1.12. The highest BCUT2D eigenvalue weighted by atomic mass is 19.1. The zero-order valence-corrected chi connectivity index (χ0v) is 7.61. The van der Waals surface area contributed by atoms with Crippen LogP contribution in [0.5, 0.6) is 0 Å². The third-order valence-electron chi connectivity index (χ3n) is 1.81. The normalized spacial score (nSPS) is 10.7. The first-order chi connectivity index (χ1) is 6.77. The van der Waals surface area contributed by atoms with Gasteiger partial charge in [0.2, 0.25) is 0 Å². The largest absolute Gasteiger partial charge is 0.392 e. The van der Waals surface area contributed by atoms with Gasteiger partial charge in [-0.2, -0.15) is 0 Å². The van der Waals surface area contributed by atoms with E-state index in [2.05, 4.69) is 0 Å². The maximum atomic E-state index is 12.8. The summed E-state index contributed by atoms with van der Waals surface area (Å²) in [4.78, 5) is 10.0. The minimum absolute atomic E-state index is 0.138. The van der Waals surface area contributed by atoms with Gasteiger partial charge in [0.05, 0.1) is 6.61 Å². The summed E-state index contributed by atoms with van der Waals surface area (Å²) in [5, 5.41) is 8.94. The molecule has 0 aromatic heterocycles. The number of halogens is 1. The van der Waals surface area contributed by atoms with E-state index < -0.39 is 0 Å². The Kier molecular flexibility index (Phi) is 4.01. The van der Waals surface area contributed by atoms with Crippen LogP contribution in [-0.2, 0) is 11.4 Å². The van der Waals surface area contributed by atoms with Gasteiger partial charge in [-0.15, -0.1) is 0 Å². The molecular weight excluding hydrogens is 183 g/mol. The predicted octanol–water partition coefficient (Wildman–Crippen LogP) is 1.92. The van der Waals surface area contributed by atoms with E-state index in [4.69, 9.17) is 5.11 Å². The molecule has 0 saturated carbocycles. The monoisotopic (exact) mass is 194 g/mol. The third kappa shape index (κ3) is 2.78. The van der Waals surface area contributed by atoms with E-state index in [1.807, 2.05) is 0 Å². The van der Waals surface area contributed by atoms with Crippen LogP contribution in [0.2, 0.25) is 0 Å². The number of aliphatic hydroxyl groups excluding tert-OH is 1. The van der Waals surface area contributed by atoms with Gasteiger partial charge in [-0.1, -0.05) is 18.2 Å². The topological polar surface area (TPSA) is 37.3 Å². The fourth-order valence-electron chi connectivity index (χ4n) is 1.12. The molecule has 0 aliphatic carbocycles. The van der Waals surface area contributed by atoms with E-state index in [0.717, 1.165) is 6.29 Å². The van der Waals surface area contributed by atoms with Crippen molar-refractivity contribution in [2.24, 2.45) is 0 Å². The molecule has 0 heterocycles. The van der Waals surface area contributed by atoms with Gasteiger partial charge in [0.1, 0.15) is 12.1 Å². The lowest BCUT2D eigenvalue weighted by Gasteiger charge is -2.01. The van der Waals surface area contributed by atoms with Crippen molar-refractivity contribution in [3.05, 3.63) is 41.2 Å². The molecule has 0 saturated heterocycles. The molecular formula is C11H11FO2. The predicted molar refractivity (Wildman–Crippen MR) is 52.0 cm³/mol. The third-order valence-corrected chi connectivity index (χ3v) is 1.81. The van der Waals surface area contributed by atoms with Crippen LogP contribution in [0.1, 0.15) is 17.5 Å². The summed E-state index contributed by atoms with van der Waals surface area (Å²) >= 11 is 0. The van der Waals surface area contributed by atoms with Gasteiger partial charge in [-0.25, -0.2) is 4.39 Å². The fraction of sp³-hybridized carbons (Fsp3) is 0.182. The highest BCUT2D eigenvalue weighted by Crippen LogP contribution is 2.13. The summed E-state index contributed by atoms with van der Waals surface area (Å²) in [6, 6.07) is 4.14. The van der Waals surface area contributed by atoms with Gasteiger partial charge in [-0.05, 0) is 23.3 Å². The second-order valence-electron chi connectivity index (χ2n) is 2.81. The summed E-state index contributed by atoms with van der Waals surface area (Å²) < 4.78 is 12.8. The Labute approximate surface area is 81.7 Å². The SMILES string of the molecule is O=CCC=Cc1cc(F)ccc1CO. The molecule has 2 nitrogen and oxygen atoms in total. The summed E-state index contributed by atoms with van der Waals surface area (Å²) in [5.74, 6) is -0.354. The lowest BCUT2D eigenvalue weighted by Crippen LogP contribution is -1.89. The number of carbonyl (C=O) groups is 1. The molecule has 1 rings (SSSR count). The van der Waals surface area contributed by atoms with Crippen LogP contribution in [0.15, 0.2) is 24.3 Å². The zero-order chi connectivity index (χ0) is 10.4. The van der Waals surface area contributed by atoms with E-state index in [1.54, 1.807) is 12.2 Å². The van der Waals surface area contributed by atoms with E-state index >= 15 is 0 Å². The van der Waals surface area contributed by atoms with Gasteiger partial charge >= 0.3 is 0 Å². The molecule has 0 spiro atoms. The Morgan fingerprint density at radius 2 is 2.21 bits per heavy atom. The molecule has 0 aliphatic rings. The van der Waals surface area contributed by atoms with E-state index in [-0.39, 0.29) is 12.4 Å². The molecule has 0 aliphatic heterocycles. The molecule has 0 fully saturated rings. The maximum Gasteiger partial charge on any atom is 0.123 e. The van der Waals surface area contributed by atoms with Gasteiger partial charge in [-0.3, -0.25) is 0 Å². The number of aldehydes is 1. The average molecular weight is 194 g/mol. The van der Waals surface area contributed by atoms with Crippen molar-refractivity contribution in [3.63, 3.8) is 0 Å². The Balaban J connectivity index is 2.92. The number of hydrogen-bond acceptors (Lipinski definition) is 2. The quantitative estimate of drug-likeness (QED) is 0.743. The molecule has 1 N–H and O–H groups in total. The van der Waals surface area contributed by atoms with Crippen molar-refractivity contribution in [1.29, 1.82) is 0 Å². The van der Waals surface area contributed by atoms with Crippen molar-refractivity contribution in [2.75, 3.05) is 0 Å². The standard InChI is InChI=1S/C11H11FO2/c12-11-5-4-10(8-14)9(7-11)3-1-2-6-13/h1,3-7,14H,2,8H2. The number of benzene rings is 1. The van der Waals surface area contributed by atoms with Crippen LogP contribution >= 0.6 is 0 Å². The van der Waals surface area contributed by atoms with Crippen molar-refractivity contribution in [3.8, 4) is 0 Å². The average Bonchev–Trinajstić information content (AvgIpc) is 2.19. The summed E-state index contributed by atoms with van der Waals surface area (Å²) in [5.41, 5.74) is 1.25. The van der Waals surface area contributed by atoms with Crippen molar-refractivity contribution >= 4 is 12.4 Å². The molecule has 1 aromatic carbocycles. The van der Waals surface area contributed by atoms with E-state index in [0.29, 0.717) is 17.5 Å². The molecule has 14 heavy (non-hydrogen) atoms. The number of aliphatic hydroxyl groups is 1. The Morgan fingerprint density at radius 1 is 1.43 bits per heavy atom. The van der Waals surface area contributed by atoms with E-state index in [9.17, 15) is 9.18 Å². The summed E-state index contributed by atoms with van der Waals surface area (Å²) in [6.07, 6.45) is 4.31. The Morgan fingerprint density at radius 3 is 2.86 bits per heavy atom. The summed E-state index contributed by atoms with van der Waals surface area (Å²) in [6.45, 7) is -0.138. The second-order valence-corrected chi connectivity index (χ2v) is 2.81. The zero-order valence-electron chi connectivity index (χ0n) is 7.61. The lowest BCUT2D eigenvalue weighted by atomic mass is 10.1. The molecule has 1 aromatic rings.